The summed E-state index contributed by atoms with van der Waals surface area (Å²) in [5, 5.41) is 3.16. The highest BCUT2D eigenvalue weighted by Crippen LogP contribution is 2.29. The molecule has 0 fully saturated rings. The second-order valence-electron chi connectivity index (χ2n) is 5.75. The van der Waals surface area contributed by atoms with Gasteiger partial charge in [-0.05, 0) is 42.5 Å². The van der Waals surface area contributed by atoms with Crippen molar-refractivity contribution in [2.75, 3.05) is 5.32 Å². The molecule has 0 aliphatic rings. The third-order valence-electron chi connectivity index (χ3n) is 3.82. The zero-order valence-corrected chi connectivity index (χ0v) is 16.9. The number of hydrogen-bond acceptors (Lipinski definition) is 5. The van der Waals surface area contributed by atoms with E-state index in [1.165, 1.54) is 48.5 Å². The van der Waals surface area contributed by atoms with Gasteiger partial charge in [-0.25, -0.2) is 16.8 Å². The Bertz CT molecular complexity index is 1140. The van der Waals surface area contributed by atoms with Crippen molar-refractivity contribution >= 4 is 37.0 Å². The van der Waals surface area contributed by atoms with E-state index in [2.05, 4.69) is 5.32 Å². The number of sulfone groups is 2. The first-order valence-electron chi connectivity index (χ1n) is 8.14. The standard InChI is InChI=1S/C20H16ClNO4S2/c21-16-8-7-9-17(14-16)22-15-20(27(23,24)18-10-3-1-4-11-18)28(25,26)19-12-5-2-6-13-19/h1-15,22H. The van der Waals surface area contributed by atoms with E-state index in [1.54, 1.807) is 36.4 Å². The van der Waals surface area contributed by atoms with Crippen LogP contribution in [0.15, 0.2) is 105 Å². The minimum Gasteiger partial charge on any atom is -0.360 e. The van der Waals surface area contributed by atoms with Crippen molar-refractivity contribution in [1.82, 2.24) is 0 Å². The molecular formula is C20H16ClNO4S2. The molecule has 3 rings (SSSR count). The van der Waals surface area contributed by atoms with Crippen LogP contribution in [0.4, 0.5) is 5.69 Å². The third-order valence-corrected chi connectivity index (χ3v) is 8.45. The normalized spacial score (nSPS) is 11.6. The highest BCUT2D eigenvalue weighted by atomic mass is 35.5. The lowest BCUT2D eigenvalue weighted by Crippen LogP contribution is -2.16. The van der Waals surface area contributed by atoms with Gasteiger partial charge in [0.1, 0.15) is 0 Å². The summed E-state index contributed by atoms with van der Waals surface area (Å²) in [6, 6.07) is 21.3. The predicted octanol–water partition coefficient (Wildman–Crippen LogP) is 4.50. The lowest BCUT2D eigenvalue weighted by Gasteiger charge is -2.12. The topological polar surface area (TPSA) is 80.3 Å². The SMILES string of the molecule is O=S(=O)(C(=CNc1cccc(Cl)c1)S(=O)(=O)c1ccccc1)c1ccccc1. The Balaban J connectivity index is 2.16. The first-order valence-corrected chi connectivity index (χ1v) is 11.5. The molecule has 0 heterocycles. The molecule has 8 heteroatoms. The van der Waals surface area contributed by atoms with Gasteiger partial charge >= 0.3 is 0 Å². The van der Waals surface area contributed by atoms with E-state index in [0.29, 0.717) is 10.7 Å². The molecule has 0 aliphatic heterocycles. The molecule has 0 amide bonds. The predicted molar refractivity (Wildman–Crippen MR) is 110 cm³/mol. The van der Waals surface area contributed by atoms with Gasteiger partial charge in [0.05, 0.1) is 9.79 Å². The molecule has 0 unspecified atom stereocenters. The van der Waals surface area contributed by atoms with Crippen LogP contribution >= 0.6 is 11.6 Å². The Hall–Kier alpha value is -2.61. The molecule has 0 atom stereocenters. The Morgan fingerprint density at radius 1 is 0.714 bits per heavy atom. The van der Waals surface area contributed by atoms with E-state index in [1.807, 2.05) is 0 Å². The minimum atomic E-state index is -4.31. The fourth-order valence-electron chi connectivity index (χ4n) is 2.45. The summed E-state index contributed by atoms with van der Waals surface area (Å²) in [6.07, 6.45) is 0.982. The van der Waals surface area contributed by atoms with E-state index in [9.17, 15) is 16.8 Å². The van der Waals surface area contributed by atoms with Gasteiger partial charge in [-0.2, -0.15) is 0 Å². The maximum absolute atomic E-state index is 13.1. The molecule has 0 aromatic heterocycles. The minimum absolute atomic E-state index is 0.117. The van der Waals surface area contributed by atoms with Crippen molar-refractivity contribution in [1.29, 1.82) is 0 Å². The molecule has 0 aliphatic carbocycles. The van der Waals surface area contributed by atoms with Crippen LogP contribution in [-0.4, -0.2) is 16.8 Å². The largest absolute Gasteiger partial charge is 0.360 e. The maximum Gasteiger partial charge on any atom is 0.219 e. The molecule has 0 bridgehead atoms. The van der Waals surface area contributed by atoms with E-state index in [0.717, 1.165) is 6.20 Å². The first-order chi connectivity index (χ1) is 13.3. The molecular weight excluding hydrogens is 418 g/mol. The molecule has 0 radical (unpaired) electrons. The molecule has 0 spiro atoms. The van der Waals surface area contributed by atoms with Gasteiger partial charge < -0.3 is 5.32 Å². The Morgan fingerprint density at radius 2 is 1.21 bits per heavy atom. The molecule has 3 aromatic rings. The molecule has 1 N–H and O–H groups in total. The Kier molecular flexibility index (Phi) is 5.88. The number of benzene rings is 3. The van der Waals surface area contributed by atoms with Crippen molar-refractivity contribution in [2.45, 2.75) is 9.79 Å². The van der Waals surface area contributed by atoms with Gasteiger partial charge in [0.15, 0.2) is 4.24 Å². The lowest BCUT2D eigenvalue weighted by molar-refractivity contribution is 0.595. The number of halogens is 1. The molecule has 5 nitrogen and oxygen atoms in total. The zero-order chi connectivity index (χ0) is 20.2. The van der Waals surface area contributed by atoms with E-state index >= 15 is 0 Å². The average molecular weight is 434 g/mol. The second kappa shape index (κ2) is 8.18. The second-order valence-corrected chi connectivity index (χ2v) is 10.3. The van der Waals surface area contributed by atoms with Crippen LogP contribution in [0.25, 0.3) is 0 Å². The van der Waals surface area contributed by atoms with Crippen LogP contribution in [0.2, 0.25) is 5.02 Å². The number of hydrogen-bond donors (Lipinski definition) is 1. The van der Waals surface area contributed by atoms with E-state index in [-0.39, 0.29) is 9.79 Å². The highest BCUT2D eigenvalue weighted by Gasteiger charge is 2.33. The van der Waals surface area contributed by atoms with Gasteiger partial charge in [-0.1, -0.05) is 54.1 Å². The van der Waals surface area contributed by atoms with Crippen molar-refractivity contribution in [3.63, 3.8) is 0 Å². The van der Waals surface area contributed by atoms with E-state index in [4.69, 9.17) is 11.6 Å². The summed E-state index contributed by atoms with van der Waals surface area (Å²) in [5.41, 5.74) is 0.455. The molecule has 3 aromatic carbocycles. The van der Waals surface area contributed by atoms with Crippen LogP contribution in [0, 0.1) is 0 Å². The summed E-state index contributed by atoms with van der Waals surface area (Å²) in [4.78, 5) is -0.234. The van der Waals surface area contributed by atoms with Crippen LogP contribution < -0.4 is 5.32 Å². The van der Waals surface area contributed by atoms with Crippen LogP contribution in [-0.2, 0) is 19.7 Å². The van der Waals surface area contributed by atoms with Crippen molar-refractivity contribution in [2.24, 2.45) is 0 Å². The fourth-order valence-corrected chi connectivity index (χ4v) is 6.30. The number of nitrogens with one attached hydrogen (secondary N) is 1. The maximum atomic E-state index is 13.1. The summed E-state index contributed by atoms with van der Waals surface area (Å²) < 4.78 is 51.8. The summed E-state index contributed by atoms with van der Waals surface area (Å²) in [5.74, 6) is 0. The van der Waals surface area contributed by atoms with Crippen LogP contribution in [0.5, 0.6) is 0 Å². The molecule has 144 valence electrons. The number of rotatable bonds is 6. The van der Waals surface area contributed by atoms with Crippen molar-refractivity contribution in [3.8, 4) is 0 Å². The van der Waals surface area contributed by atoms with Gasteiger partial charge in [0.2, 0.25) is 19.7 Å². The van der Waals surface area contributed by atoms with Gasteiger partial charge in [0, 0.05) is 16.9 Å². The van der Waals surface area contributed by atoms with Gasteiger partial charge in [0.25, 0.3) is 0 Å². The fraction of sp³-hybridized carbons (Fsp3) is 0. The first kappa shape index (κ1) is 20.1. The Labute approximate surface area is 169 Å². The quantitative estimate of drug-likeness (QED) is 0.619. The molecule has 0 saturated heterocycles. The zero-order valence-electron chi connectivity index (χ0n) is 14.5. The van der Waals surface area contributed by atoms with Crippen LogP contribution in [0.1, 0.15) is 0 Å². The van der Waals surface area contributed by atoms with Crippen LogP contribution in [0.3, 0.4) is 0 Å². The Morgan fingerprint density at radius 3 is 1.68 bits per heavy atom. The monoisotopic (exact) mass is 433 g/mol. The highest BCUT2D eigenvalue weighted by molar-refractivity contribution is 8.14. The molecule has 28 heavy (non-hydrogen) atoms. The summed E-state index contributed by atoms with van der Waals surface area (Å²) >= 11 is 5.93. The average Bonchev–Trinajstić information content (AvgIpc) is 2.69. The van der Waals surface area contributed by atoms with Crippen molar-refractivity contribution in [3.05, 3.63) is 100 Å². The lowest BCUT2D eigenvalue weighted by atomic mass is 10.3. The smallest absolute Gasteiger partial charge is 0.219 e. The van der Waals surface area contributed by atoms with Gasteiger partial charge in [-0.15, -0.1) is 0 Å². The van der Waals surface area contributed by atoms with Gasteiger partial charge in [-0.3, -0.25) is 0 Å². The van der Waals surface area contributed by atoms with Crippen molar-refractivity contribution < 1.29 is 16.8 Å². The third kappa shape index (κ3) is 4.27. The summed E-state index contributed by atoms with van der Waals surface area (Å²) in [6.45, 7) is 0. The molecule has 0 saturated carbocycles. The number of anilines is 1. The summed E-state index contributed by atoms with van der Waals surface area (Å²) in [7, 11) is -8.62. The van der Waals surface area contributed by atoms with E-state index < -0.39 is 23.9 Å².